The highest BCUT2D eigenvalue weighted by molar-refractivity contribution is 7.09. The van der Waals surface area contributed by atoms with Crippen LogP contribution in [0.1, 0.15) is 31.0 Å². The van der Waals surface area contributed by atoms with E-state index in [-0.39, 0.29) is 5.91 Å². The smallest absolute Gasteiger partial charge is 0.227 e. The van der Waals surface area contributed by atoms with E-state index in [1.165, 1.54) is 0 Å². The number of nitrogens with two attached hydrogens (primary N) is 1. The van der Waals surface area contributed by atoms with E-state index in [2.05, 4.69) is 10.3 Å². The van der Waals surface area contributed by atoms with Gasteiger partial charge in [0.25, 0.3) is 0 Å². The van der Waals surface area contributed by atoms with Gasteiger partial charge < -0.3 is 11.1 Å². The maximum absolute atomic E-state index is 11.9. The number of carbonyl (C=O) groups is 1. The molecular weight excluding hydrogens is 234 g/mol. The van der Waals surface area contributed by atoms with Crippen LogP contribution in [0.3, 0.4) is 0 Å². The Hall–Kier alpha value is -0.940. The van der Waals surface area contributed by atoms with Crippen molar-refractivity contribution in [2.45, 2.75) is 33.6 Å². The second-order valence-corrected chi connectivity index (χ2v) is 5.54. The van der Waals surface area contributed by atoms with Crippen LogP contribution in [0.5, 0.6) is 0 Å². The largest absolute Gasteiger partial charge is 0.355 e. The maximum atomic E-state index is 11.9. The number of nitrogens with one attached hydrogen (secondary N) is 1. The third-order valence-electron chi connectivity index (χ3n) is 3.11. The van der Waals surface area contributed by atoms with Gasteiger partial charge in [-0.05, 0) is 20.3 Å². The van der Waals surface area contributed by atoms with Crippen LogP contribution in [0.4, 0.5) is 0 Å². The average molecular weight is 255 g/mol. The van der Waals surface area contributed by atoms with Gasteiger partial charge in [0.1, 0.15) is 0 Å². The minimum Gasteiger partial charge on any atom is -0.355 e. The Morgan fingerprint density at radius 1 is 1.65 bits per heavy atom. The number of aryl methyl sites for hydroxylation is 1. The second kappa shape index (κ2) is 6.12. The molecule has 5 heteroatoms. The Labute approximate surface area is 107 Å². The number of hydrogen-bond donors (Lipinski definition) is 2. The van der Waals surface area contributed by atoms with Gasteiger partial charge in [-0.15, -0.1) is 11.3 Å². The van der Waals surface area contributed by atoms with Crippen molar-refractivity contribution in [1.29, 1.82) is 0 Å². The van der Waals surface area contributed by atoms with Gasteiger partial charge in [-0.2, -0.15) is 0 Å². The lowest BCUT2D eigenvalue weighted by Gasteiger charge is -2.24. The molecule has 4 nitrogen and oxygen atoms in total. The van der Waals surface area contributed by atoms with Gasteiger partial charge >= 0.3 is 0 Å². The third-order valence-corrected chi connectivity index (χ3v) is 3.93. The van der Waals surface area contributed by atoms with Crippen molar-refractivity contribution in [2.24, 2.45) is 11.1 Å². The summed E-state index contributed by atoms with van der Waals surface area (Å²) in [5.74, 6) is 0.0365. The first kappa shape index (κ1) is 14.1. The molecule has 1 unspecified atom stereocenters. The van der Waals surface area contributed by atoms with Gasteiger partial charge in [-0.3, -0.25) is 4.79 Å². The lowest BCUT2D eigenvalue weighted by molar-refractivity contribution is -0.129. The minimum absolute atomic E-state index is 0.0365. The highest BCUT2D eigenvalue weighted by atomic mass is 32.1. The molecule has 0 spiro atoms. The van der Waals surface area contributed by atoms with Gasteiger partial charge in [0.05, 0.1) is 16.1 Å². The fourth-order valence-corrected chi connectivity index (χ4v) is 2.09. The molecule has 1 aromatic rings. The lowest BCUT2D eigenvalue weighted by atomic mass is 9.86. The van der Waals surface area contributed by atoms with Crippen LogP contribution >= 0.6 is 11.3 Å². The average Bonchev–Trinajstić information content (AvgIpc) is 2.74. The zero-order valence-corrected chi connectivity index (χ0v) is 11.6. The number of nitrogens with zero attached hydrogens (tertiary/aromatic N) is 1. The summed E-state index contributed by atoms with van der Waals surface area (Å²) in [6.45, 7) is 6.86. The Morgan fingerprint density at radius 2 is 2.35 bits per heavy atom. The van der Waals surface area contributed by atoms with Crippen molar-refractivity contribution in [3.05, 3.63) is 16.1 Å². The van der Waals surface area contributed by atoms with Crippen LogP contribution in [0.25, 0.3) is 0 Å². The SMILES string of the molecule is CCC(C)(CN)C(=O)NCCc1csc(C)n1. The summed E-state index contributed by atoms with van der Waals surface area (Å²) in [7, 11) is 0. The molecule has 0 radical (unpaired) electrons. The third kappa shape index (κ3) is 3.78. The van der Waals surface area contributed by atoms with Gasteiger partial charge in [0.15, 0.2) is 0 Å². The summed E-state index contributed by atoms with van der Waals surface area (Å²) in [6, 6.07) is 0. The molecule has 0 bridgehead atoms. The first-order valence-electron chi connectivity index (χ1n) is 5.91. The van der Waals surface area contributed by atoms with Crippen molar-refractivity contribution in [1.82, 2.24) is 10.3 Å². The topological polar surface area (TPSA) is 68.0 Å². The van der Waals surface area contributed by atoms with Crippen molar-refractivity contribution >= 4 is 17.2 Å². The molecule has 1 atom stereocenters. The van der Waals surface area contributed by atoms with Crippen LogP contribution in [0, 0.1) is 12.3 Å². The summed E-state index contributed by atoms with van der Waals surface area (Å²) in [5.41, 5.74) is 6.23. The van der Waals surface area contributed by atoms with E-state index in [1.54, 1.807) is 11.3 Å². The van der Waals surface area contributed by atoms with Crippen LogP contribution in [-0.4, -0.2) is 24.0 Å². The Balaban J connectivity index is 2.38. The number of carbonyl (C=O) groups excluding carboxylic acids is 1. The van der Waals surface area contributed by atoms with E-state index in [0.29, 0.717) is 13.1 Å². The van der Waals surface area contributed by atoms with Crippen molar-refractivity contribution < 1.29 is 4.79 Å². The molecule has 1 rings (SSSR count). The van der Waals surface area contributed by atoms with Crippen LogP contribution in [0.2, 0.25) is 0 Å². The molecule has 17 heavy (non-hydrogen) atoms. The van der Waals surface area contributed by atoms with Crippen LogP contribution in [0.15, 0.2) is 5.38 Å². The van der Waals surface area contributed by atoms with E-state index in [0.717, 1.165) is 23.5 Å². The Kier molecular flexibility index (Phi) is 5.08. The molecule has 0 aliphatic rings. The first-order valence-corrected chi connectivity index (χ1v) is 6.79. The fourth-order valence-electron chi connectivity index (χ4n) is 1.44. The Bertz CT molecular complexity index is 372. The van der Waals surface area contributed by atoms with E-state index < -0.39 is 5.41 Å². The Morgan fingerprint density at radius 3 is 2.82 bits per heavy atom. The molecule has 0 saturated heterocycles. The molecule has 0 fully saturated rings. The molecule has 0 aliphatic heterocycles. The second-order valence-electron chi connectivity index (χ2n) is 4.48. The summed E-state index contributed by atoms with van der Waals surface area (Å²) in [6.07, 6.45) is 1.53. The number of rotatable bonds is 6. The monoisotopic (exact) mass is 255 g/mol. The standard InChI is InChI=1S/C12H21N3OS/c1-4-12(3,8-13)11(16)14-6-5-10-7-17-9(2)15-10/h7H,4-6,8,13H2,1-3H3,(H,14,16). The van der Waals surface area contributed by atoms with E-state index >= 15 is 0 Å². The van der Waals surface area contributed by atoms with Crippen molar-refractivity contribution in [3.63, 3.8) is 0 Å². The molecule has 0 aromatic carbocycles. The fraction of sp³-hybridized carbons (Fsp3) is 0.667. The molecular formula is C12H21N3OS. The maximum Gasteiger partial charge on any atom is 0.227 e. The van der Waals surface area contributed by atoms with E-state index in [4.69, 9.17) is 5.73 Å². The number of hydrogen-bond acceptors (Lipinski definition) is 4. The first-order chi connectivity index (χ1) is 8.01. The lowest BCUT2D eigenvalue weighted by Crippen LogP contribution is -2.44. The molecule has 0 saturated carbocycles. The summed E-state index contributed by atoms with van der Waals surface area (Å²) < 4.78 is 0. The van der Waals surface area contributed by atoms with Gasteiger partial charge in [0.2, 0.25) is 5.91 Å². The summed E-state index contributed by atoms with van der Waals surface area (Å²) in [5, 5.41) is 6.02. The molecule has 1 heterocycles. The molecule has 1 aromatic heterocycles. The molecule has 1 amide bonds. The highest BCUT2D eigenvalue weighted by Crippen LogP contribution is 2.18. The zero-order valence-electron chi connectivity index (χ0n) is 10.7. The highest BCUT2D eigenvalue weighted by Gasteiger charge is 2.28. The number of thiazole rings is 1. The van der Waals surface area contributed by atoms with E-state index in [1.807, 2.05) is 26.2 Å². The minimum atomic E-state index is -0.446. The quantitative estimate of drug-likeness (QED) is 0.809. The van der Waals surface area contributed by atoms with Crippen LogP contribution in [-0.2, 0) is 11.2 Å². The molecule has 96 valence electrons. The number of aromatic nitrogens is 1. The number of amides is 1. The zero-order chi connectivity index (χ0) is 12.9. The van der Waals surface area contributed by atoms with Crippen LogP contribution < -0.4 is 11.1 Å². The van der Waals surface area contributed by atoms with Gasteiger partial charge in [0, 0.05) is 24.9 Å². The predicted molar refractivity (Wildman–Crippen MR) is 71.0 cm³/mol. The van der Waals surface area contributed by atoms with Crippen molar-refractivity contribution in [3.8, 4) is 0 Å². The summed E-state index contributed by atoms with van der Waals surface area (Å²) in [4.78, 5) is 16.3. The molecule has 3 N–H and O–H groups in total. The predicted octanol–water partition coefficient (Wildman–Crippen LogP) is 1.49. The van der Waals surface area contributed by atoms with Gasteiger partial charge in [-0.1, -0.05) is 6.92 Å². The molecule has 0 aliphatic carbocycles. The van der Waals surface area contributed by atoms with Gasteiger partial charge in [-0.25, -0.2) is 4.98 Å². The van der Waals surface area contributed by atoms with E-state index in [9.17, 15) is 4.79 Å². The summed E-state index contributed by atoms with van der Waals surface area (Å²) >= 11 is 1.63. The van der Waals surface area contributed by atoms with Crippen molar-refractivity contribution in [2.75, 3.05) is 13.1 Å². The normalized spacial score (nSPS) is 14.4.